The summed E-state index contributed by atoms with van der Waals surface area (Å²) in [6, 6.07) is 10.5. The van der Waals surface area contributed by atoms with Crippen molar-refractivity contribution in [2.45, 2.75) is 4.90 Å². The molecule has 2 aromatic carbocycles. The first-order chi connectivity index (χ1) is 9.05. The molecule has 0 aliphatic carbocycles. The average Bonchev–Trinajstić information content (AvgIpc) is 2.62. The molecule has 98 valence electrons. The molecule has 1 heterocycles. The number of amides is 1. The highest BCUT2D eigenvalue weighted by atomic mass is 32.2. The summed E-state index contributed by atoms with van der Waals surface area (Å²) < 4.78 is 26.1. The van der Waals surface area contributed by atoms with Crippen molar-refractivity contribution in [2.75, 3.05) is 17.9 Å². The fraction of sp³-hybridized carbons (Fsp3) is 0.154. The van der Waals surface area contributed by atoms with Crippen LogP contribution in [0.15, 0.2) is 41.3 Å². The Labute approximate surface area is 110 Å². The summed E-state index contributed by atoms with van der Waals surface area (Å²) in [4.78, 5) is 11.8. The fourth-order valence-corrected chi connectivity index (χ4v) is 4.00. The normalized spacial score (nSPS) is 15.7. The number of nitrogens with one attached hydrogen (secondary N) is 1. The van der Waals surface area contributed by atoms with Gasteiger partial charge in [0.15, 0.2) is 0 Å². The number of carbonyl (C=O) groups is 1. The Bertz CT molecular complexity index is 778. The molecule has 0 spiro atoms. The standard InChI is InChI=1S/C13H12N2O3S/c1-14-12(16)8-15-10-6-2-4-9-5-3-7-11(13(9)10)19(15,17)18/h2-7H,8H2,1H3,(H,14,16). The summed E-state index contributed by atoms with van der Waals surface area (Å²) in [5.41, 5.74) is 0.566. The molecular formula is C13H12N2O3S. The minimum atomic E-state index is -3.63. The zero-order chi connectivity index (χ0) is 13.6. The third-order valence-corrected chi connectivity index (χ3v) is 5.05. The van der Waals surface area contributed by atoms with Crippen LogP contribution in [0.5, 0.6) is 0 Å². The lowest BCUT2D eigenvalue weighted by atomic mass is 10.1. The van der Waals surface area contributed by atoms with Crippen LogP contribution in [0.25, 0.3) is 10.8 Å². The number of carbonyl (C=O) groups excluding carboxylic acids is 1. The minimum Gasteiger partial charge on any atom is -0.358 e. The molecule has 0 fully saturated rings. The zero-order valence-electron chi connectivity index (χ0n) is 10.3. The van der Waals surface area contributed by atoms with Crippen LogP contribution in [0.1, 0.15) is 0 Å². The van der Waals surface area contributed by atoms with Crippen LogP contribution in [0.4, 0.5) is 5.69 Å². The molecule has 3 rings (SSSR count). The molecule has 0 atom stereocenters. The number of likely N-dealkylation sites (N-methyl/N-ethyl adjacent to an activating group) is 1. The highest BCUT2D eigenvalue weighted by molar-refractivity contribution is 7.93. The van der Waals surface area contributed by atoms with Gasteiger partial charge < -0.3 is 5.32 Å². The van der Waals surface area contributed by atoms with Gasteiger partial charge in [0.1, 0.15) is 6.54 Å². The molecule has 0 aromatic heterocycles. The van der Waals surface area contributed by atoms with E-state index in [-0.39, 0.29) is 17.3 Å². The molecule has 5 nitrogen and oxygen atoms in total. The van der Waals surface area contributed by atoms with Crippen molar-refractivity contribution in [3.05, 3.63) is 36.4 Å². The molecule has 0 bridgehead atoms. The van der Waals surface area contributed by atoms with E-state index in [0.717, 1.165) is 9.69 Å². The largest absolute Gasteiger partial charge is 0.358 e. The molecule has 1 amide bonds. The van der Waals surface area contributed by atoms with E-state index in [1.165, 1.54) is 7.05 Å². The van der Waals surface area contributed by atoms with Crippen molar-refractivity contribution in [1.82, 2.24) is 5.32 Å². The number of hydrogen-bond donors (Lipinski definition) is 1. The monoisotopic (exact) mass is 276 g/mol. The lowest BCUT2D eigenvalue weighted by molar-refractivity contribution is -0.119. The summed E-state index contributed by atoms with van der Waals surface area (Å²) >= 11 is 0. The van der Waals surface area contributed by atoms with E-state index in [1.54, 1.807) is 24.3 Å². The molecule has 0 saturated carbocycles. The van der Waals surface area contributed by atoms with Gasteiger partial charge in [0.2, 0.25) is 5.91 Å². The molecule has 0 saturated heterocycles. The molecular weight excluding hydrogens is 264 g/mol. The van der Waals surface area contributed by atoms with Crippen LogP contribution in [-0.4, -0.2) is 27.9 Å². The molecule has 1 aliphatic heterocycles. The lowest BCUT2D eigenvalue weighted by Crippen LogP contribution is -2.37. The molecule has 0 radical (unpaired) electrons. The summed E-state index contributed by atoms with van der Waals surface area (Å²) in [6.45, 7) is -0.202. The van der Waals surface area contributed by atoms with Gasteiger partial charge in [-0.15, -0.1) is 0 Å². The van der Waals surface area contributed by atoms with E-state index >= 15 is 0 Å². The zero-order valence-corrected chi connectivity index (χ0v) is 11.1. The molecule has 6 heteroatoms. The Morgan fingerprint density at radius 3 is 2.58 bits per heavy atom. The Hall–Kier alpha value is -2.08. The van der Waals surface area contributed by atoms with Gasteiger partial charge in [-0.25, -0.2) is 8.42 Å². The number of anilines is 1. The first kappa shape index (κ1) is 12.0. The number of nitrogens with zero attached hydrogens (tertiary/aromatic N) is 1. The van der Waals surface area contributed by atoms with Crippen LogP contribution in [0, 0.1) is 0 Å². The maximum absolute atomic E-state index is 12.5. The Morgan fingerprint density at radius 2 is 1.89 bits per heavy atom. The topological polar surface area (TPSA) is 66.5 Å². The van der Waals surface area contributed by atoms with Crippen LogP contribution in [0.3, 0.4) is 0 Å². The van der Waals surface area contributed by atoms with E-state index in [9.17, 15) is 13.2 Å². The summed E-state index contributed by atoms with van der Waals surface area (Å²) in [7, 11) is -2.15. The lowest BCUT2D eigenvalue weighted by Gasteiger charge is -2.17. The maximum Gasteiger partial charge on any atom is 0.265 e. The van der Waals surface area contributed by atoms with Gasteiger partial charge in [-0.3, -0.25) is 9.10 Å². The van der Waals surface area contributed by atoms with Gasteiger partial charge >= 0.3 is 0 Å². The maximum atomic E-state index is 12.5. The Balaban J connectivity index is 2.27. The van der Waals surface area contributed by atoms with Crippen molar-refractivity contribution < 1.29 is 13.2 Å². The molecule has 19 heavy (non-hydrogen) atoms. The predicted molar refractivity (Wildman–Crippen MR) is 72.5 cm³/mol. The van der Waals surface area contributed by atoms with Gasteiger partial charge in [0.05, 0.1) is 10.6 Å². The van der Waals surface area contributed by atoms with Crippen LogP contribution in [0.2, 0.25) is 0 Å². The first-order valence-corrected chi connectivity index (χ1v) is 7.25. The quantitative estimate of drug-likeness (QED) is 0.893. The third-order valence-electron chi connectivity index (χ3n) is 3.25. The van der Waals surface area contributed by atoms with Crippen LogP contribution in [-0.2, 0) is 14.8 Å². The average molecular weight is 276 g/mol. The second-order valence-corrected chi connectivity index (χ2v) is 6.15. The molecule has 2 aromatic rings. The Kier molecular flexibility index (Phi) is 2.50. The van der Waals surface area contributed by atoms with Crippen LogP contribution < -0.4 is 9.62 Å². The minimum absolute atomic E-state index is 0.202. The number of benzene rings is 2. The van der Waals surface area contributed by atoms with Gasteiger partial charge in [-0.1, -0.05) is 24.3 Å². The van der Waals surface area contributed by atoms with E-state index < -0.39 is 10.0 Å². The smallest absolute Gasteiger partial charge is 0.265 e. The number of sulfonamides is 1. The van der Waals surface area contributed by atoms with Crippen LogP contribution >= 0.6 is 0 Å². The van der Waals surface area contributed by atoms with Crippen molar-refractivity contribution in [3.8, 4) is 0 Å². The summed E-state index contributed by atoms with van der Waals surface area (Å²) in [5.74, 6) is -0.339. The highest BCUT2D eigenvalue weighted by Crippen LogP contribution is 2.41. The van der Waals surface area contributed by atoms with E-state index in [0.29, 0.717) is 11.1 Å². The third kappa shape index (κ3) is 1.60. The number of hydrogen-bond acceptors (Lipinski definition) is 3. The van der Waals surface area contributed by atoms with Crippen molar-refractivity contribution in [1.29, 1.82) is 0 Å². The predicted octanol–water partition coefficient (Wildman–Crippen LogP) is 1.09. The van der Waals surface area contributed by atoms with E-state index in [4.69, 9.17) is 0 Å². The number of rotatable bonds is 2. The first-order valence-electron chi connectivity index (χ1n) is 5.81. The van der Waals surface area contributed by atoms with Crippen molar-refractivity contribution in [3.63, 3.8) is 0 Å². The highest BCUT2D eigenvalue weighted by Gasteiger charge is 2.36. The Morgan fingerprint density at radius 1 is 1.21 bits per heavy atom. The van der Waals surface area contributed by atoms with Crippen molar-refractivity contribution >= 4 is 32.4 Å². The molecule has 0 unspecified atom stereocenters. The van der Waals surface area contributed by atoms with E-state index in [1.807, 2.05) is 12.1 Å². The summed E-state index contributed by atoms with van der Waals surface area (Å²) in [5, 5.41) is 3.99. The van der Waals surface area contributed by atoms with Crippen molar-refractivity contribution in [2.24, 2.45) is 0 Å². The second-order valence-electron chi connectivity index (χ2n) is 4.32. The van der Waals surface area contributed by atoms with Gasteiger partial charge in [0, 0.05) is 12.4 Å². The second kappa shape index (κ2) is 3.96. The summed E-state index contributed by atoms with van der Waals surface area (Å²) in [6.07, 6.45) is 0. The van der Waals surface area contributed by atoms with Gasteiger partial charge in [0.25, 0.3) is 10.0 Å². The fourth-order valence-electron chi connectivity index (χ4n) is 2.34. The van der Waals surface area contributed by atoms with Gasteiger partial charge in [-0.05, 0) is 17.5 Å². The molecule has 1 N–H and O–H groups in total. The molecule has 1 aliphatic rings. The SMILES string of the molecule is CNC(=O)CN1c2cccc3cccc(c23)S1(=O)=O. The van der Waals surface area contributed by atoms with Gasteiger partial charge in [-0.2, -0.15) is 0 Å². The van der Waals surface area contributed by atoms with E-state index in [2.05, 4.69) is 5.32 Å².